The highest BCUT2D eigenvalue weighted by Gasteiger charge is 2.09. The second-order valence-electron chi connectivity index (χ2n) is 8.18. The number of Topliss-reactive ketones (excluding diaryl/α,β-unsaturated/α-hetero) is 1. The van der Waals surface area contributed by atoms with E-state index in [2.05, 4.69) is 20.8 Å². The molecular weight excluding hydrogens is 304 g/mol. The molecule has 0 aromatic heterocycles. The molecule has 0 aliphatic heterocycles. The fraction of sp³-hybridized carbons (Fsp3) is 0.958. The third kappa shape index (κ3) is 18.3. The molecule has 0 bridgehead atoms. The molecular formula is C24H48O. The summed E-state index contributed by atoms with van der Waals surface area (Å²) in [6.45, 7) is 6.46. The van der Waals surface area contributed by atoms with Crippen LogP contribution in [0.1, 0.15) is 143 Å². The minimum Gasteiger partial charge on any atom is -0.299 e. The van der Waals surface area contributed by atoms with E-state index in [-0.39, 0.29) is 5.92 Å². The molecule has 1 heteroatoms. The van der Waals surface area contributed by atoms with E-state index in [9.17, 15) is 4.79 Å². The molecule has 150 valence electrons. The monoisotopic (exact) mass is 352 g/mol. The van der Waals surface area contributed by atoms with Crippen LogP contribution in [0.3, 0.4) is 0 Å². The number of carbonyl (C=O) groups excluding carboxylic acids is 1. The first-order valence-corrected chi connectivity index (χ1v) is 11.7. The molecule has 0 saturated carbocycles. The van der Waals surface area contributed by atoms with Crippen molar-refractivity contribution in [2.45, 2.75) is 143 Å². The number of ketones is 1. The highest BCUT2D eigenvalue weighted by atomic mass is 16.1. The van der Waals surface area contributed by atoms with Crippen molar-refractivity contribution in [1.82, 2.24) is 0 Å². The quantitative estimate of drug-likeness (QED) is 0.200. The molecule has 0 rings (SSSR count). The van der Waals surface area contributed by atoms with Crippen LogP contribution in [0.25, 0.3) is 0 Å². The number of hydrogen-bond acceptors (Lipinski definition) is 1. The van der Waals surface area contributed by atoms with E-state index in [1.807, 2.05) is 0 Å². The van der Waals surface area contributed by atoms with Crippen molar-refractivity contribution >= 4 is 5.78 Å². The van der Waals surface area contributed by atoms with E-state index < -0.39 is 0 Å². The van der Waals surface area contributed by atoms with Crippen LogP contribution in [0.15, 0.2) is 0 Å². The summed E-state index contributed by atoms with van der Waals surface area (Å²) in [5.41, 5.74) is 0. The average molecular weight is 353 g/mol. The zero-order valence-electron chi connectivity index (χ0n) is 17.9. The Morgan fingerprint density at radius 3 is 1.20 bits per heavy atom. The Morgan fingerprint density at radius 2 is 0.880 bits per heavy atom. The Balaban J connectivity index is 3.08. The molecule has 1 nitrogen and oxygen atoms in total. The van der Waals surface area contributed by atoms with Crippen LogP contribution in [0, 0.1) is 5.92 Å². The van der Waals surface area contributed by atoms with Gasteiger partial charge in [0, 0.05) is 12.3 Å². The number of carbonyl (C=O) groups is 1. The summed E-state index contributed by atoms with van der Waals surface area (Å²) in [5.74, 6) is 0.754. The van der Waals surface area contributed by atoms with Gasteiger partial charge in [-0.05, 0) is 12.8 Å². The van der Waals surface area contributed by atoms with Gasteiger partial charge in [0.2, 0.25) is 0 Å². The first kappa shape index (κ1) is 24.7. The maximum atomic E-state index is 11.7. The predicted octanol–water partition coefficient (Wildman–Crippen LogP) is 8.64. The molecule has 0 radical (unpaired) electrons. The molecule has 0 aromatic carbocycles. The Labute approximate surface area is 159 Å². The lowest BCUT2D eigenvalue weighted by atomic mass is 9.98. The fourth-order valence-corrected chi connectivity index (χ4v) is 3.50. The second kappa shape index (κ2) is 20.0. The van der Waals surface area contributed by atoms with Gasteiger partial charge in [0.15, 0.2) is 0 Å². The van der Waals surface area contributed by atoms with E-state index in [0.717, 1.165) is 19.3 Å². The largest absolute Gasteiger partial charge is 0.299 e. The maximum absolute atomic E-state index is 11.7. The molecule has 0 heterocycles. The van der Waals surface area contributed by atoms with E-state index in [1.54, 1.807) is 0 Å². The summed E-state index contributed by atoms with van der Waals surface area (Å²) in [6, 6.07) is 0. The van der Waals surface area contributed by atoms with E-state index in [4.69, 9.17) is 0 Å². The van der Waals surface area contributed by atoms with Gasteiger partial charge in [-0.1, -0.05) is 124 Å². The van der Waals surface area contributed by atoms with Crippen molar-refractivity contribution in [3.63, 3.8) is 0 Å². The Hall–Kier alpha value is -0.330. The van der Waals surface area contributed by atoms with Crippen molar-refractivity contribution in [2.75, 3.05) is 0 Å². The van der Waals surface area contributed by atoms with Crippen LogP contribution in [0.5, 0.6) is 0 Å². The van der Waals surface area contributed by atoms with Gasteiger partial charge in [-0.2, -0.15) is 0 Å². The van der Waals surface area contributed by atoms with Gasteiger partial charge in [0.25, 0.3) is 0 Å². The average Bonchev–Trinajstić information content (AvgIpc) is 2.63. The molecule has 0 aromatic rings. The Morgan fingerprint density at radius 1 is 0.560 bits per heavy atom. The van der Waals surface area contributed by atoms with Gasteiger partial charge in [-0.15, -0.1) is 0 Å². The van der Waals surface area contributed by atoms with Gasteiger partial charge in [-0.3, -0.25) is 4.79 Å². The molecule has 0 spiro atoms. The fourth-order valence-electron chi connectivity index (χ4n) is 3.50. The minimum absolute atomic E-state index is 0.279. The summed E-state index contributed by atoms with van der Waals surface area (Å²) < 4.78 is 0. The van der Waals surface area contributed by atoms with Crippen molar-refractivity contribution in [2.24, 2.45) is 5.92 Å². The van der Waals surface area contributed by atoms with Gasteiger partial charge >= 0.3 is 0 Å². The zero-order valence-corrected chi connectivity index (χ0v) is 17.9. The molecule has 1 unspecified atom stereocenters. The molecule has 0 aliphatic carbocycles. The molecule has 25 heavy (non-hydrogen) atoms. The van der Waals surface area contributed by atoms with Gasteiger partial charge < -0.3 is 0 Å². The maximum Gasteiger partial charge on any atom is 0.135 e. The molecule has 0 fully saturated rings. The number of unbranched alkanes of at least 4 members (excludes halogenated alkanes) is 16. The Kier molecular flexibility index (Phi) is 19.7. The summed E-state index contributed by atoms with van der Waals surface area (Å²) >= 11 is 0. The highest BCUT2D eigenvalue weighted by Crippen LogP contribution is 2.15. The number of hydrogen-bond donors (Lipinski definition) is 0. The van der Waals surface area contributed by atoms with Crippen LogP contribution in [0.2, 0.25) is 0 Å². The van der Waals surface area contributed by atoms with Gasteiger partial charge in [-0.25, -0.2) is 0 Å². The van der Waals surface area contributed by atoms with Crippen molar-refractivity contribution in [3.8, 4) is 0 Å². The smallest absolute Gasteiger partial charge is 0.135 e. The van der Waals surface area contributed by atoms with E-state index >= 15 is 0 Å². The van der Waals surface area contributed by atoms with E-state index in [0.29, 0.717) is 5.78 Å². The van der Waals surface area contributed by atoms with Gasteiger partial charge in [0.1, 0.15) is 5.78 Å². The van der Waals surface area contributed by atoms with Crippen molar-refractivity contribution < 1.29 is 4.79 Å². The highest BCUT2D eigenvalue weighted by molar-refractivity contribution is 5.80. The van der Waals surface area contributed by atoms with Crippen LogP contribution >= 0.6 is 0 Å². The normalized spacial score (nSPS) is 12.4. The zero-order chi connectivity index (χ0) is 18.6. The molecule has 0 aliphatic rings. The first-order chi connectivity index (χ1) is 12.2. The standard InChI is InChI=1S/C24H48O/c1-4-6-7-8-9-10-11-12-13-14-15-16-17-18-19-20-21-22-24(25)23(3)5-2/h23H,4-22H2,1-3H3. The molecule has 0 amide bonds. The second-order valence-corrected chi connectivity index (χ2v) is 8.18. The van der Waals surface area contributed by atoms with Crippen LogP contribution in [-0.4, -0.2) is 5.78 Å². The summed E-state index contributed by atoms with van der Waals surface area (Å²) in [7, 11) is 0. The SMILES string of the molecule is CCCCCCCCCCCCCCCCCCCC(=O)C(C)CC. The van der Waals surface area contributed by atoms with Crippen molar-refractivity contribution in [3.05, 3.63) is 0 Å². The molecule has 0 saturated heterocycles. The first-order valence-electron chi connectivity index (χ1n) is 11.7. The molecule has 1 atom stereocenters. The lowest BCUT2D eigenvalue weighted by Crippen LogP contribution is -2.09. The van der Waals surface area contributed by atoms with Crippen LogP contribution < -0.4 is 0 Å². The third-order valence-corrected chi connectivity index (χ3v) is 5.69. The summed E-state index contributed by atoms with van der Waals surface area (Å²) in [6.07, 6.45) is 25.5. The third-order valence-electron chi connectivity index (χ3n) is 5.69. The van der Waals surface area contributed by atoms with Gasteiger partial charge in [0.05, 0.1) is 0 Å². The van der Waals surface area contributed by atoms with Crippen LogP contribution in [-0.2, 0) is 4.79 Å². The van der Waals surface area contributed by atoms with Crippen LogP contribution in [0.4, 0.5) is 0 Å². The summed E-state index contributed by atoms with van der Waals surface area (Å²) in [5, 5.41) is 0. The van der Waals surface area contributed by atoms with E-state index in [1.165, 1.54) is 103 Å². The topological polar surface area (TPSA) is 17.1 Å². The van der Waals surface area contributed by atoms with Crippen molar-refractivity contribution in [1.29, 1.82) is 0 Å². The number of rotatable bonds is 20. The minimum atomic E-state index is 0.279. The molecule has 0 N–H and O–H groups in total. The summed E-state index contributed by atoms with van der Waals surface area (Å²) in [4.78, 5) is 11.7. The predicted molar refractivity (Wildman–Crippen MR) is 113 cm³/mol. The lowest BCUT2D eigenvalue weighted by molar-refractivity contribution is -0.122. The lowest BCUT2D eigenvalue weighted by Gasteiger charge is -2.07. The Bertz CT molecular complexity index is 271.